The maximum Gasteiger partial charge on any atom is 0.263 e. The van der Waals surface area contributed by atoms with Gasteiger partial charge in [-0.1, -0.05) is 32.4 Å². The molecule has 2 heterocycles. The summed E-state index contributed by atoms with van der Waals surface area (Å²) in [6, 6.07) is 7.80. The molecule has 1 aliphatic heterocycles. The smallest absolute Gasteiger partial charge is 0.263 e. The number of amides is 1. The maximum atomic E-state index is 13.6. The quantitative estimate of drug-likeness (QED) is 0.480. The number of aromatic nitrogens is 2. The monoisotopic (exact) mass is 491 g/mol. The number of sulfonamides is 1. The van der Waals surface area contributed by atoms with E-state index in [9.17, 15) is 13.2 Å². The van der Waals surface area contributed by atoms with Crippen LogP contribution in [0.25, 0.3) is 0 Å². The normalized spacial score (nSPS) is 14.9. The van der Waals surface area contributed by atoms with E-state index in [0.29, 0.717) is 45.9 Å². The molecule has 10 heteroatoms. The highest BCUT2D eigenvalue weighted by Gasteiger charge is 2.35. The first-order chi connectivity index (χ1) is 16.3. The summed E-state index contributed by atoms with van der Waals surface area (Å²) in [6.45, 7) is 9.35. The van der Waals surface area contributed by atoms with Crippen molar-refractivity contribution in [3.8, 4) is 5.75 Å². The summed E-state index contributed by atoms with van der Waals surface area (Å²) >= 11 is 0. The lowest BCUT2D eigenvalue weighted by molar-refractivity contribution is 0.0789. The Balaban J connectivity index is 1.82. The van der Waals surface area contributed by atoms with Crippen LogP contribution in [0.1, 0.15) is 50.4 Å². The van der Waals surface area contributed by atoms with Crippen molar-refractivity contribution in [2.24, 2.45) is 0 Å². The zero-order chi connectivity index (χ0) is 24.7. The summed E-state index contributed by atoms with van der Waals surface area (Å²) in [5, 5.41) is 4.21. The van der Waals surface area contributed by atoms with Crippen LogP contribution >= 0.6 is 0 Å². The predicted octanol–water partition coefficient (Wildman–Crippen LogP) is 3.07. The Morgan fingerprint density at radius 3 is 2.44 bits per heavy atom. The van der Waals surface area contributed by atoms with E-state index >= 15 is 0 Å². The number of aryl methyl sites for hydroxylation is 1. The van der Waals surface area contributed by atoms with Crippen LogP contribution in [0.5, 0.6) is 5.75 Å². The van der Waals surface area contributed by atoms with E-state index in [4.69, 9.17) is 4.74 Å². The number of anilines is 1. The number of nitrogens with zero attached hydrogens (tertiary/aromatic N) is 5. The highest BCUT2D eigenvalue weighted by molar-refractivity contribution is 7.89. The SMILES string of the molecule is CCCCN(C)C(=O)c1cn(CCC)nc1S(=O)(=O)N1CCN(c2ccccc2OCC)CC1. The molecule has 0 saturated carbocycles. The third kappa shape index (κ3) is 5.72. The van der Waals surface area contributed by atoms with Gasteiger partial charge in [0.2, 0.25) is 5.03 Å². The van der Waals surface area contributed by atoms with Gasteiger partial charge in [0.15, 0.2) is 0 Å². The zero-order valence-corrected chi connectivity index (χ0v) is 21.6. The highest BCUT2D eigenvalue weighted by Crippen LogP contribution is 2.30. The van der Waals surface area contributed by atoms with Crippen LogP contribution in [0.15, 0.2) is 35.5 Å². The summed E-state index contributed by atoms with van der Waals surface area (Å²) in [5.41, 5.74) is 1.11. The largest absolute Gasteiger partial charge is 0.492 e. The number of unbranched alkanes of at least 4 members (excludes halogenated alkanes) is 1. The molecule has 0 spiro atoms. The standard InChI is InChI=1S/C24H37N5O4S/c1-5-8-14-26(4)24(30)20-19-28(13-6-2)25-23(20)34(31,32)29-17-15-27(16-18-29)21-11-9-10-12-22(21)33-7-3/h9-12,19H,5-8,13-18H2,1-4H3. The van der Waals surface area contributed by atoms with E-state index in [0.717, 1.165) is 30.7 Å². The second-order valence-corrected chi connectivity index (χ2v) is 10.3. The van der Waals surface area contributed by atoms with Crippen molar-refractivity contribution < 1.29 is 17.9 Å². The third-order valence-corrected chi connectivity index (χ3v) is 7.77. The van der Waals surface area contributed by atoms with Crippen molar-refractivity contribution in [1.82, 2.24) is 19.0 Å². The van der Waals surface area contributed by atoms with Gasteiger partial charge in [0.05, 0.1) is 17.9 Å². The molecule has 0 unspecified atom stereocenters. The van der Waals surface area contributed by atoms with Crippen LogP contribution in [0.4, 0.5) is 5.69 Å². The number of hydrogen-bond donors (Lipinski definition) is 0. The van der Waals surface area contributed by atoms with Gasteiger partial charge in [-0.25, -0.2) is 8.42 Å². The fourth-order valence-electron chi connectivity index (χ4n) is 4.07. The Labute approximate surface area is 203 Å². The predicted molar refractivity (Wildman–Crippen MR) is 133 cm³/mol. The van der Waals surface area contributed by atoms with Gasteiger partial charge >= 0.3 is 0 Å². The molecule has 1 aromatic carbocycles. The number of ether oxygens (including phenoxy) is 1. The lowest BCUT2D eigenvalue weighted by atomic mass is 10.2. The van der Waals surface area contributed by atoms with E-state index in [2.05, 4.69) is 16.9 Å². The first-order valence-electron chi connectivity index (χ1n) is 12.1. The van der Waals surface area contributed by atoms with E-state index in [-0.39, 0.29) is 16.5 Å². The molecule has 0 N–H and O–H groups in total. The second-order valence-electron chi connectivity index (χ2n) is 8.48. The van der Waals surface area contributed by atoms with Crippen LogP contribution in [0.3, 0.4) is 0 Å². The Morgan fingerprint density at radius 2 is 1.79 bits per heavy atom. The molecule has 2 aromatic rings. The summed E-state index contributed by atoms with van der Waals surface area (Å²) in [6.07, 6.45) is 4.18. The molecular weight excluding hydrogens is 454 g/mol. The molecule has 0 aliphatic carbocycles. The van der Waals surface area contributed by atoms with Crippen molar-refractivity contribution in [1.29, 1.82) is 0 Å². The number of carbonyl (C=O) groups is 1. The minimum atomic E-state index is -3.92. The van der Waals surface area contributed by atoms with Gasteiger partial charge in [-0.2, -0.15) is 9.40 Å². The number of para-hydroxylation sites is 2. The minimum absolute atomic E-state index is 0.141. The number of benzene rings is 1. The van der Waals surface area contributed by atoms with Crippen molar-refractivity contribution >= 4 is 21.6 Å². The van der Waals surface area contributed by atoms with Crippen molar-refractivity contribution in [2.45, 2.75) is 51.6 Å². The molecule has 34 heavy (non-hydrogen) atoms. The number of piperazine rings is 1. The minimum Gasteiger partial charge on any atom is -0.492 e. The molecule has 1 saturated heterocycles. The van der Waals surface area contributed by atoms with E-state index < -0.39 is 10.0 Å². The topological polar surface area (TPSA) is 88.0 Å². The first-order valence-corrected chi connectivity index (χ1v) is 13.6. The molecular formula is C24H37N5O4S. The van der Waals surface area contributed by atoms with Gasteiger partial charge in [0.1, 0.15) is 5.75 Å². The molecule has 3 rings (SSSR count). The van der Waals surface area contributed by atoms with Gasteiger partial charge in [-0.05, 0) is 31.9 Å². The molecule has 0 atom stereocenters. The molecule has 9 nitrogen and oxygen atoms in total. The summed E-state index contributed by atoms with van der Waals surface area (Å²) in [7, 11) is -2.21. The van der Waals surface area contributed by atoms with Gasteiger partial charge < -0.3 is 14.5 Å². The van der Waals surface area contributed by atoms with Crippen LogP contribution < -0.4 is 9.64 Å². The maximum absolute atomic E-state index is 13.6. The summed E-state index contributed by atoms with van der Waals surface area (Å²) in [4.78, 5) is 16.8. The molecule has 1 aromatic heterocycles. The molecule has 188 valence electrons. The van der Waals surface area contributed by atoms with Crippen LogP contribution in [0, 0.1) is 0 Å². The van der Waals surface area contributed by atoms with Crippen LogP contribution in [0.2, 0.25) is 0 Å². The van der Waals surface area contributed by atoms with E-state index in [1.807, 2.05) is 38.1 Å². The fourth-order valence-corrected chi connectivity index (χ4v) is 5.59. The molecule has 1 amide bonds. The van der Waals surface area contributed by atoms with Crippen molar-refractivity contribution in [3.63, 3.8) is 0 Å². The molecule has 1 fully saturated rings. The van der Waals surface area contributed by atoms with Gasteiger partial charge in [0, 0.05) is 52.5 Å². The van der Waals surface area contributed by atoms with Gasteiger partial charge in [0.25, 0.3) is 15.9 Å². The van der Waals surface area contributed by atoms with Crippen LogP contribution in [-0.2, 0) is 16.6 Å². The lowest BCUT2D eigenvalue weighted by Gasteiger charge is -2.35. The van der Waals surface area contributed by atoms with Gasteiger partial charge in [-0.3, -0.25) is 9.48 Å². The van der Waals surface area contributed by atoms with Crippen molar-refractivity contribution in [2.75, 3.05) is 51.3 Å². The van der Waals surface area contributed by atoms with Gasteiger partial charge in [-0.15, -0.1) is 0 Å². The summed E-state index contributed by atoms with van der Waals surface area (Å²) in [5.74, 6) is 0.487. The first kappa shape index (κ1) is 26.0. The second kappa shape index (κ2) is 11.7. The van der Waals surface area contributed by atoms with E-state index in [1.165, 1.54) is 4.31 Å². The third-order valence-electron chi connectivity index (χ3n) is 5.93. The molecule has 1 aliphatic rings. The average Bonchev–Trinajstić information content (AvgIpc) is 3.28. The summed E-state index contributed by atoms with van der Waals surface area (Å²) < 4.78 is 36.0. The van der Waals surface area contributed by atoms with Crippen molar-refractivity contribution in [3.05, 3.63) is 36.0 Å². The lowest BCUT2D eigenvalue weighted by Crippen LogP contribution is -2.49. The zero-order valence-electron chi connectivity index (χ0n) is 20.7. The Kier molecular flexibility index (Phi) is 8.96. The fraction of sp³-hybridized carbons (Fsp3) is 0.583. The van der Waals surface area contributed by atoms with Crippen LogP contribution in [-0.4, -0.2) is 79.7 Å². The Morgan fingerprint density at radius 1 is 1.09 bits per heavy atom. The average molecular weight is 492 g/mol. The molecule has 0 bridgehead atoms. The Bertz CT molecular complexity index is 1060. The number of carbonyl (C=O) groups excluding carboxylic acids is 1. The number of rotatable bonds is 11. The molecule has 0 radical (unpaired) electrons. The van der Waals surface area contributed by atoms with E-state index in [1.54, 1.807) is 22.8 Å². The number of hydrogen-bond acceptors (Lipinski definition) is 6. The Hall–Kier alpha value is -2.59. The highest BCUT2D eigenvalue weighted by atomic mass is 32.2.